The van der Waals surface area contributed by atoms with Crippen LogP contribution in [0.4, 0.5) is 5.69 Å². The molecule has 0 unspecified atom stereocenters. The van der Waals surface area contributed by atoms with Gasteiger partial charge in [-0.1, -0.05) is 0 Å². The molecular weight excluding hydrogens is 296 g/mol. The molecule has 0 aliphatic carbocycles. The predicted molar refractivity (Wildman–Crippen MR) is 71.4 cm³/mol. The number of nitro groups is 1. The fourth-order valence-corrected chi connectivity index (χ4v) is 1.55. The normalized spacial score (nSPS) is 13.6. The molecule has 2 N–H and O–H groups in total. The summed E-state index contributed by atoms with van der Waals surface area (Å²) in [4.78, 5) is 33.0. The number of carbonyl (C=O) groups excluding carboxylic acids is 1. The molecule has 0 radical (unpaired) electrons. The van der Waals surface area contributed by atoms with Gasteiger partial charge in [-0.05, 0) is 12.1 Å². The molecule has 0 saturated carbocycles. The predicted octanol–water partition coefficient (Wildman–Crippen LogP) is 1.14. The van der Waals surface area contributed by atoms with Gasteiger partial charge in [0, 0.05) is 23.8 Å². The van der Waals surface area contributed by atoms with Gasteiger partial charge >= 0.3 is 5.97 Å². The van der Waals surface area contributed by atoms with E-state index in [0.29, 0.717) is 0 Å². The summed E-state index contributed by atoms with van der Waals surface area (Å²) in [7, 11) is 0. The first-order valence-corrected chi connectivity index (χ1v) is 5.93. The lowest BCUT2D eigenvalue weighted by atomic mass is 10.2. The Morgan fingerprint density at radius 3 is 2.50 bits per heavy atom. The number of allylic oxidation sites excluding steroid dienone is 1. The molecule has 1 aromatic rings. The molecule has 2 rings (SSSR count). The van der Waals surface area contributed by atoms with Crippen molar-refractivity contribution in [1.29, 1.82) is 0 Å². The van der Waals surface area contributed by atoms with Crippen molar-refractivity contribution in [1.82, 2.24) is 5.32 Å². The van der Waals surface area contributed by atoms with E-state index in [1.807, 2.05) is 0 Å². The SMILES string of the molecule is O=C(O)C(=CC1=COCO1)NC(=O)c1ccc([N+](=O)[O-])cc1. The number of carboxylic acids is 1. The molecule has 22 heavy (non-hydrogen) atoms. The van der Waals surface area contributed by atoms with Crippen molar-refractivity contribution in [2.45, 2.75) is 0 Å². The van der Waals surface area contributed by atoms with Gasteiger partial charge in [0.2, 0.25) is 6.79 Å². The lowest BCUT2D eigenvalue weighted by Crippen LogP contribution is -2.27. The second-order valence-corrected chi connectivity index (χ2v) is 4.07. The first-order chi connectivity index (χ1) is 10.5. The van der Waals surface area contributed by atoms with E-state index in [0.717, 1.165) is 18.2 Å². The number of ether oxygens (including phenoxy) is 2. The molecule has 0 fully saturated rings. The van der Waals surface area contributed by atoms with Gasteiger partial charge in [0.15, 0.2) is 5.76 Å². The molecule has 0 saturated heterocycles. The number of aliphatic carboxylic acids is 1. The fraction of sp³-hybridized carbons (Fsp3) is 0.0769. The van der Waals surface area contributed by atoms with E-state index in [1.54, 1.807) is 0 Å². The molecule has 1 aliphatic rings. The molecular formula is C13H10N2O7. The minimum atomic E-state index is -1.37. The lowest BCUT2D eigenvalue weighted by molar-refractivity contribution is -0.384. The van der Waals surface area contributed by atoms with E-state index in [2.05, 4.69) is 5.32 Å². The third kappa shape index (κ3) is 3.60. The molecule has 1 amide bonds. The molecule has 9 heteroatoms. The summed E-state index contributed by atoms with van der Waals surface area (Å²) >= 11 is 0. The minimum absolute atomic E-state index is 0.0327. The van der Waals surface area contributed by atoms with Gasteiger partial charge < -0.3 is 19.9 Å². The van der Waals surface area contributed by atoms with Crippen LogP contribution in [0.2, 0.25) is 0 Å². The van der Waals surface area contributed by atoms with E-state index in [4.69, 9.17) is 14.6 Å². The second kappa shape index (κ2) is 6.39. The van der Waals surface area contributed by atoms with Crippen molar-refractivity contribution in [3.05, 3.63) is 63.7 Å². The average molecular weight is 306 g/mol. The van der Waals surface area contributed by atoms with Crippen molar-refractivity contribution in [3.63, 3.8) is 0 Å². The summed E-state index contributed by atoms with van der Waals surface area (Å²) < 4.78 is 9.70. The molecule has 0 spiro atoms. The van der Waals surface area contributed by atoms with Gasteiger partial charge in [-0.15, -0.1) is 0 Å². The summed E-state index contributed by atoms with van der Waals surface area (Å²) in [5, 5.41) is 21.8. The largest absolute Gasteiger partial charge is 0.477 e. The molecule has 114 valence electrons. The van der Waals surface area contributed by atoms with Crippen LogP contribution in [0.25, 0.3) is 0 Å². The summed E-state index contributed by atoms with van der Waals surface area (Å²) in [5.41, 5.74) is -0.511. The maximum Gasteiger partial charge on any atom is 0.352 e. The summed E-state index contributed by atoms with van der Waals surface area (Å²) in [6.07, 6.45) is 2.31. The van der Waals surface area contributed by atoms with Gasteiger partial charge in [-0.2, -0.15) is 0 Å². The van der Waals surface area contributed by atoms with E-state index >= 15 is 0 Å². The fourth-order valence-electron chi connectivity index (χ4n) is 1.55. The second-order valence-electron chi connectivity index (χ2n) is 4.07. The lowest BCUT2D eigenvalue weighted by Gasteiger charge is -2.06. The van der Waals surface area contributed by atoms with Crippen molar-refractivity contribution in [3.8, 4) is 0 Å². The average Bonchev–Trinajstić information content (AvgIpc) is 2.99. The number of benzene rings is 1. The summed E-state index contributed by atoms with van der Waals surface area (Å²) in [5.74, 6) is -1.93. The van der Waals surface area contributed by atoms with Gasteiger partial charge in [0.05, 0.1) is 4.92 Å². The van der Waals surface area contributed by atoms with Crippen LogP contribution in [-0.2, 0) is 14.3 Å². The topological polar surface area (TPSA) is 128 Å². The number of amides is 1. The molecule has 0 bridgehead atoms. The monoisotopic (exact) mass is 306 g/mol. The van der Waals surface area contributed by atoms with Crippen molar-refractivity contribution in [2.24, 2.45) is 0 Å². The highest BCUT2D eigenvalue weighted by Crippen LogP contribution is 2.13. The highest BCUT2D eigenvalue weighted by molar-refractivity contribution is 6.00. The highest BCUT2D eigenvalue weighted by Gasteiger charge is 2.16. The van der Waals surface area contributed by atoms with Crippen LogP contribution >= 0.6 is 0 Å². The zero-order chi connectivity index (χ0) is 16.1. The van der Waals surface area contributed by atoms with Crippen LogP contribution in [-0.4, -0.2) is 28.7 Å². The first kappa shape index (κ1) is 15.0. The molecule has 1 aromatic carbocycles. The number of nitrogens with one attached hydrogen (secondary N) is 1. The number of rotatable bonds is 5. The van der Waals surface area contributed by atoms with Crippen molar-refractivity contribution >= 4 is 17.6 Å². The van der Waals surface area contributed by atoms with E-state index < -0.39 is 22.5 Å². The Balaban J connectivity index is 2.14. The number of carbonyl (C=O) groups is 2. The van der Waals surface area contributed by atoms with Gasteiger partial charge in [0.1, 0.15) is 12.0 Å². The van der Waals surface area contributed by atoms with Crippen LogP contribution in [0.15, 0.2) is 48.1 Å². The van der Waals surface area contributed by atoms with Crippen LogP contribution in [0.5, 0.6) is 0 Å². The molecule has 9 nitrogen and oxygen atoms in total. The Morgan fingerprint density at radius 1 is 1.32 bits per heavy atom. The standard InChI is InChI=1S/C13H10N2O7/c16-12(8-1-3-9(4-2-8)15(19)20)14-11(13(17)18)5-10-6-21-7-22-10/h1-6H,7H2,(H,14,16)(H,17,18). The number of nitro benzene ring substituents is 1. The number of carboxylic acid groups (broad SMARTS) is 1. The van der Waals surface area contributed by atoms with E-state index in [-0.39, 0.29) is 23.8 Å². The van der Waals surface area contributed by atoms with Crippen LogP contribution in [0, 0.1) is 10.1 Å². The number of non-ortho nitro benzene ring substituents is 1. The molecule has 0 aromatic heterocycles. The van der Waals surface area contributed by atoms with Gasteiger partial charge in [0.25, 0.3) is 11.6 Å². The van der Waals surface area contributed by atoms with E-state index in [1.165, 1.54) is 18.4 Å². The molecule has 0 atom stereocenters. The Kier molecular flexibility index (Phi) is 4.37. The molecule has 1 heterocycles. The third-order valence-electron chi connectivity index (χ3n) is 2.60. The number of hydrogen-bond acceptors (Lipinski definition) is 6. The minimum Gasteiger partial charge on any atom is -0.477 e. The number of hydrogen-bond donors (Lipinski definition) is 2. The Labute approximate surface area is 123 Å². The van der Waals surface area contributed by atoms with Crippen LogP contribution < -0.4 is 5.32 Å². The van der Waals surface area contributed by atoms with Crippen LogP contribution in [0.1, 0.15) is 10.4 Å². The summed E-state index contributed by atoms with van der Waals surface area (Å²) in [6, 6.07) is 4.74. The third-order valence-corrected chi connectivity index (χ3v) is 2.60. The summed E-state index contributed by atoms with van der Waals surface area (Å²) in [6.45, 7) is -0.0327. The Bertz CT molecular complexity index is 676. The van der Waals surface area contributed by atoms with E-state index in [9.17, 15) is 19.7 Å². The number of nitrogens with zero attached hydrogens (tertiary/aromatic N) is 1. The maximum absolute atomic E-state index is 11.9. The quantitative estimate of drug-likeness (QED) is 0.474. The first-order valence-electron chi connectivity index (χ1n) is 5.93. The van der Waals surface area contributed by atoms with Crippen molar-refractivity contribution < 1.29 is 29.1 Å². The van der Waals surface area contributed by atoms with Crippen molar-refractivity contribution in [2.75, 3.05) is 6.79 Å². The molecule has 1 aliphatic heterocycles. The van der Waals surface area contributed by atoms with Gasteiger partial charge in [-0.3, -0.25) is 14.9 Å². The van der Waals surface area contributed by atoms with Crippen LogP contribution in [0.3, 0.4) is 0 Å². The Morgan fingerprint density at radius 2 is 2.00 bits per heavy atom. The maximum atomic E-state index is 11.9. The van der Waals surface area contributed by atoms with Gasteiger partial charge in [-0.25, -0.2) is 4.79 Å². The zero-order valence-electron chi connectivity index (χ0n) is 11.0. The smallest absolute Gasteiger partial charge is 0.352 e. The highest BCUT2D eigenvalue weighted by atomic mass is 16.7. The zero-order valence-corrected chi connectivity index (χ0v) is 11.0. The Hall–Kier alpha value is -3.36.